The summed E-state index contributed by atoms with van der Waals surface area (Å²) >= 11 is 0. The number of aromatic nitrogens is 4. The third kappa shape index (κ3) is 5.11. The topological polar surface area (TPSA) is 19.7 Å². The molecular formula is C60H42N4. The van der Waals surface area contributed by atoms with Crippen LogP contribution in [0.4, 0.5) is 0 Å². The molecule has 0 saturated carbocycles. The molecule has 64 heavy (non-hydrogen) atoms. The van der Waals surface area contributed by atoms with Gasteiger partial charge in [-0.15, -0.1) is 0 Å². The lowest BCUT2D eigenvalue weighted by atomic mass is 10.0. The van der Waals surface area contributed by atoms with Crippen molar-refractivity contribution in [2.75, 3.05) is 0 Å². The molecule has 0 amide bonds. The second-order valence-corrected chi connectivity index (χ2v) is 17.5. The lowest BCUT2D eigenvalue weighted by molar-refractivity contribution is 0.967. The number of para-hydroxylation sites is 4. The van der Waals surface area contributed by atoms with Gasteiger partial charge in [-0.25, -0.2) is 0 Å². The molecule has 4 nitrogen and oxygen atoms in total. The Balaban J connectivity index is 0.855. The van der Waals surface area contributed by atoms with E-state index in [1.165, 1.54) is 116 Å². The van der Waals surface area contributed by atoms with Crippen molar-refractivity contribution in [2.24, 2.45) is 0 Å². The highest BCUT2D eigenvalue weighted by molar-refractivity contribution is 6.11. The predicted molar refractivity (Wildman–Crippen MR) is 269 cm³/mol. The van der Waals surface area contributed by atoms with Gasteiger partial charge >= 0.3 is 0 Å². The fourth-order valence-corrected chi connectivity index (χ4v) is 11.3. The monoisotopic (exact) mass is 818 g/mol. The Kier molecular flexibility index (Phi) is 7.61. The number of rotatable bonds is 5. The molecule has 4 heteroatoms. The van der Waals surface area contributed by atoms with E-state index in [4.69, 9.17) is 0 Å². The smallest absolute Gasteiger partial charge is 0.0561 e. The maximum atomic E-state index is 2.48. The maximum absolute atomic E-state index is 2.48. The van der Waals surface area contributed by atoms with E-state index in [1.807, 2.05) is 0 Å². The van der Waals surface area contributed by atoms with Crippen molar-refractivity contribution >= 4 is 77.6 Å². The van der Waals surface area contributed by atoms with E-state index in [0.29, 0.717) is 0 Å². The number of hydrogen-bond donors (Lipinski definition) is 0. The second kappa shape index (κ2) is 13.7. The molecule has 0 atom stereocenters. The van der Waals surface area contributed by atoms with Crippen molar-refractivity contribution < 1.29 is 0 Å². The molecule has 0 saturated heterocycles. The van der Waals surface area contributed by atoms with Crippen LogP contribution in [0, 0.1) is 0 Å². The summed E-state index contributed by atoms with van der Waals surface area (Å²) in [4.78, 5) is 0. The maximum Gasteiger partial charge on any atom is 0.0561 e. The SMILES string of the molecule is C1=Cc2c(c3ccccc3n2-c2ccc3c4ccccc4n(-c4ccc(-c5ccc(-n6c7c(c8ccc(-n9c%10ccccc%10c%10ccccc%109)cc86)CCC=C7)cc5)cc4)c3c2)CC1. The van der Waals surface area contributed by atoms with E-state index in [-0.39, 0.29) is 0 Å². The van der Waals surface area contributed by atoms with Crippen LogP contribution >= 0.6 is 0 Å². The van der Waals surface area contributed by atoms with Crippen LogP contribution < -0.4 is 0 Å². The fraction of sp³-hybridized carbons (Fsp3) is 0.0667. The summed E-state index contributed by atoms with van der Waals surface area (Å²) < 4.78 is 9.80. The number of benzene rings is 8. The Hall–Kier alpha value is -8.08. The third-order valence-electron chi connectivity index (χ3n) is 14.1. The van der Waals surface area contributed by atoms with Crippen LogP contribution in [0.1, 0.15) is 35.4 Å². The van der Waals surface area contributed by atoms with Gasteiger partial charge < -0.3 is 18.3 Å². The summed E-state index contributed by atoms with van der Waals surface area (Å²) in [6, 6.07) is 67.6. The molecular weight excluding hydrogens is 777 g/mol. The van der Waals surface area contributed by atoms with Crippen LogP contribution in [-0.4, -0.2) is 18.3 Å². The summed E-state index contributed by atoms with van der Waals surface area (Å²) in [5.74, 6) is 0. The van der Waals surface area contributed by atoms with E-state index in [9.17, 15) is 0 Å². The Morgan fingerprint density at radius 1 is 0.281 bits per heavy atom. The van der Waals surface area contributed by atoms with E-state index in [1.54, 1.807) is 0 Å². The molecule has 12 aromatic rings. The quantitative estimate of drug-likeness (QED) is 0.165. The van der Waals surface area contributed by atoms with Gasteiger partial charge in [0.2, 0.25) is 0 Å². The van der Waals surface area contributed by atoms with Gasteiger partial charge in [-0.2, -0.15) is 0 Å². The zero-order valence-corrected chi connectivity index (χ0v) is 35.2. The molecule has 14 rings (SSSR count). The summed E-state index contributed by atoms with van der Waals surface area (Å²) in [5, 5.41) is 7.77. The highest BCUT2D eigenvalue weighted by Crippen LogP contribution is 2.40. The van der Waals surface area contributed by atoms with Crippen molar-refractivity contribution in [2.45, 2.75) is 25.7 Å². The van der Waals surface area contributed by atoms with Crippen molar-refractivity contribution in [1.82, 2.24) is 18.3 Å². The van der Waals surface area contributed by atoms with Gasteiger partial charge in [-0.1, -0.05) is 121 Å². The predicted octanol–water partition coefficient (Wildman–Crippen LogP) is 15.4. The largest absolute Gasteiger partial charge is 0.310 e. The molecule has 302 valence electrons. The average molecular weight is 819 g/mol. The molecule has 0 N–H and O–H groups in total. The molecule has 0 unspecified atom stereocenters. The number of hydrogen-bond acceptors (Lipinski definition) is 0. The zero-order chi connectivity index (χ0) is 41.9. The highest BCUT2D eigenvalue weighted by atomic mass is 15.0. The number of aryl methyl sites for hydroxylation is 2. The molecule has 0 radical (unpaired) electrons. The molecule has 2 aliphatic rings. The first kappa shape index (κ1) is 35.5. The number of nitrogens with zero attached hydrogens (tertiary/aromatic N) is 4. The van der Waals surface area contributed by atoms with Gasteiger partial charge in [0.1, 0.15) is 0 Å². The van der Waals surface area contributed by atoms with E-state index < -0.39 is 0 Å². The molecule has 0 fully saturated rings. The Morgan fingerprint density at radius 2 is 0.625 bits per heavy atom. The van der Waals surface area contributed by atoms with Gasteiger partial charge in [0.15, 0.2) is 0 Å². The molecule has 4 heterocycles. The minimum absolute atomic E-state index is 1.05. The van der Waals surface area contributed by atoms with Crippen LogP contribution in [0.25, 0.3) is 111 Å². The molecule has 4 aromatic heterocycles. The molecule has 2 aliphatic carbocycles. The van der Waals surface area contributed by atoms with Crippen LogP contribution in [0.3, 0.4) is 0 Å². The van der Waals surface area contributed by atoms with Gasteiger partial charge in [-0.3, -0.25) is 0 Å². The molecule has 0 bridgehead atoms. The van der Waals surface area contributed by atoms with Crippen LogP contribution in [-0.2, 0) is 12.8 Å². The normalized spacial score (nSPS) is 13.6. The van der Waals surface area contributed by atoms with E-state index >= 15 is 0 Å². The first-order chi connectivity index (χ1) is 31.8. The van der Waals surface area contributed by atoms with Crippen molar-refractivity contribution in [3.63, 3.8) is 0 Å². The molecule has 8 aromatic carbocycles. The van der Waals surface area contributed by atoms with Gasteiger partial charge in [0.25, 0.3) is 0 Å². The lowest BCUT2D eigenvalue weighted by Crippen LogP contribution is -2.01. The summed E-state index contributed by atoms with van der Waals surface area (Å²) in [6.45, 7) is 0. The van der Waals surface area contributed by atoms with Gasteiger partial charge in [-0.05, 0) is 133 Å². The molecule has 0 spiro atoms. The van der Waals surface area contributed by atoms with Crippen LogP contribution in [0.15, 0.2) is 194 Å². The summed E-state index contributed by atoms with van der Waals surface area (Å²) in [7, 11) is 0. The fourth-order valence-electron chi connectivity index (χ4n) is 11.3. The Labute approximate surface area is 370 Å². The Morgan fingerprint density at radius 3 is 1.16 bits per heavy atom. The van der Waals surface area contributed by atoms with E-state index in [2.05, 4.69) is 225 Å². The minimum Gasteiger partial charge on any atom is -0.310 e. The molecule has 0 aliphatic heterocycles. The highest BCUT2D eigenvalue weighted by Gasteiger charge is 2.22. The van der Waals surface area contributed by atoms with Gasteiger partial charge in [0, 0.05) is 66.5 Å². The number of allylic oxidation sites excluding steroid dienone is 2. The zero-order valence-electron chi connectivity index (χ0n) is 35.2. The first-order valence-electron chi connectivity index (χ1n) is 22.6. The van der Waals surface area contributed by atoms with Crippen LogP contribution in [0.2, 0.25) is 0 Å². The first-order valence-corrected chi connectivity index (χ1v) is 22.6. The standard InChI is InChI=1S/C60H42N4/c1-9-21-55-45(13-1)46-14-2-10-22-56(46)63(55)43-33-35-51-49-17-5-7-19-53(49)61(59(51)37-43)41-29-25-39(26-30-41)40-27-31-42(32-28-40)62-54-20-8-6-18-50(54)52-36-34-44(38-60(52)62)64-57-23-11-3-15-47(57)48-16-4-12-24-58(48)64/h1-3,6-15,18-38H,4-5,16-17H2. The summed E-state index contributed by atoms with van der Waals surface area (Å²) in [6.07, 6.45) is 13.6. The lowest BCUT2D eigenvalue weighted by Gasteiger charge is -2.14. The second-order valence-electron chi connectivity index (χ2n) is 17.5. The van der Waals surface area contributed by atoms with Crippen molar-refractivity contribution in [3.05, 3.63) is 217 Å². The minimum atomic E-state index is 1.05. The van der Waals surface area contributed by atoms with E-state index in [0.717, 1.165) is 31.4 Å². The van der Waals surface area contributed by atoms with Crippen molar-refractivity contribution in [3.8, 4) is 33.9 Å². The Bertz CT molecular complexity index is 3880. The average Bonchev–Trinajstić information content (AvgIpc) is 4.09. The third-order valence-corrected chi connectivity index (χ3v) is 14.1. The van der Waals surface area contributed by atoms with Crippen LogP contribution in [0.5, 0.6) is 0 Å². The summed E-state index contributed by atoms with van der Waals surface area (Å²) in [5.41, 5.74) is 19.9. The number of fused-ring (bicyclic) bond motifs is 12. The van der Waals surface area contributed by atoms with Crippen molar-refractivity contribution in [1.29, 1.82) is 0 Å². The van der Waals surface area contributed by atoms with Gasteiger partial charge in [0.05, 0.1) is 33.1 Å².